The van der Waals surface area contributed by atoms with Gasteiger partial charge in [-0.25, -0.2) is 0 Å². The molecule has 2 aliphatic rings. The first-order valence-corrected chi connectivity index (χ1v) is 9.49. The van der Waals surface area contributed by atoms with Crippen LogP contribution in [0.4, 0.5) is 5.69 Å². The SMILES string of the molecule is CCN1C(=O)c2cccc3c(S(=O)(=O)N=C4C=CC(=O)C=C4)ccc1c23. The van der Waals surface area contributed by atoms with Gasteiger partial charge in [-0.1, -0.05) is 12.1 Å². The second-order valence-electron chi connectivity index (χ2n) is 5.92. The van der Waals surface area contributed by atoms with Crippen molar-refractivity contribution in [2.75, 3.05) is 11.4 Å². The van der Waals surface area contributed by atoms with Crippen molar-refractivity contribution >= 4 is 43.9 Å². The van der Waals surface area contributed by atoms with Crippen LogP contribution in [0.3, 0.4) is 0 Å². The summed E-state index contributed by atoms with van der Waals surface area (Å²) in [5.41, 5.74) is 1.38. The molecule has 0 saturated heterocycles. The van der Waals surface area contributed by atoms with Crippen LogP contribution in [0.1, 0.15) is 17.3 Å². The van der Waals surface area contributed by atoms with Crippen LogP contribution < -0.4 is 4.90 Å². The fraction of sp³-hybridized carbons (Fsp3) is 0.105. The molecule has 0 atom stereocenters. The Balaban J connectivity index is 1.92. The number of hydrogen-bond acceptors (Lipinski definition) is 4. The zero-order valence-corrected chi connectivity index (χ0v) is 14.7. The van der Waals surface area contributed by atoms with Gasteiger partial charge in [-0.05, 0) is 49.4 Å². The predicted octanol–water partition coefficient (Wildman–Crippen LogP) is 2.64. The molecular formula is C19H14N2O4S. The summed E-state index contributed by atoms with van der Waals surface area (Å²) in [6.45, 7) is 2.37. The number of anilines is 1. The van der Waals surface area contributed by atoms with E-state index < -0.39 is 10.0 Å². The van der Waals surface area contributed by atoms with Gasteiger partial charge >= 0.3 is 0 Å². The molecule has 7 heteroatoms. The van der Waals surface area contributed by atoms with Gasteiger partial charge in [-0.2, -0.15) is 12.8 Å². The Bertz CT molecular complexity index is 1160. The highest BCUT2D eigenvalue weighted by molar-refractivity contribution is 7.90. The van der Waals surface area contributed by atoms with Crippen LogP contribution in [0.2, 0.25) is 0 Å². The number of rotatable bonds is 3. The van der Waals surface area contributed by atoms with Gasteiger partial charge in [-0.3, -0.25) is 9.59 Å². The fourth-order valence-electron chi connectivity index (χ4n) is 3.25. The van der Waals surface area contributed by atoms with E-state index in [9.17, 15) is 18.0 Å². The number of hydrogen-bond donors (Lipinski definition) is 0. The molecule has 0 spiro atoms. The number of amides is 1. The van der Waals surface area contributed by atoms with E-state index in [4.69, 9.17) is 0 Å². The van der Waals surface area contributed by atoms with Gasteiger partial charge in [0, 0.05) is 22.9 Å². The van der Waals surface area contributed by atoms with Crippen LogP contribution in [0.15, 0.2) is 63.9 Å². The summed E-state index contributed by atoms with van der Waals surface area (Å²) in [7, 11) is -4.01. The number of nitrogens with zero attached hydrogens (tertiary/aromatic N) is 2. The van der Waals surface area contributed by atoms with E-state index in [1.807, 2.05) is 6.92 Å². The number of benzene rings is 2. The van der Waals surface area contributed by atoms with Crippen LogP contribution in [0.25, 0.3) is 10.8 Å². The molecule has 0 N–H and O–H groups in total. The maximum Gasteiger partial charge on any atom is 0.283 e. The van der Waals surface area contributed by atoms with E-state index in [0.717, 1.165) is 0 Å². The average molecular weight is 366 g/mol. The lowest BCUT2D eigenvalue weighted by atomic mass is 10.1. The molecule has 0 radical (unpaired) electrons. The van der Waals surface area contributed by atoms with Crippen molar-refractivity contribution in [1.82, 2.24) is 0 Å². The number of carbonyl (C=O) groups excluding carboxylic acids is 2. The summed E-state index contributed by atoms with van der Waals surface area (Å²) in [5.74, 6) is -0.351. The molecule has 0 saturated carbocycles. The summed E-state index contributed by atoms with van der Waals surface area (Å²) in [4.78, 5) is 25.4. The Morgan fingerprint density at radius 3 is 2.42 bits per heavy atom. The van der Waals surface area contributed by atoms with E-state index >= 15 is 0 Å². The summed E-state index contributed by atoms with van der Waals surface area (Å²) in [6.07, 6.45) is 5.25. The second kappa shape index (κ2) is 5.74. The third-order valence-corrected chi connectivity index (χ3v) is 5.76. The van der Waals surface area contributed by atoms with E-state index in [-0.39, 0.29) is 22.3 Å². The highest BCUT2D eigenvalue weighted by Gasteiger charge is 2.31. The van der Waals surface area contributed by atoms with Gasteiger partial charge in [0.2, 0.25) is 0 Å². The van der Waals surface area contributed by atoms with Gasteiger partial charge in [0.1, 0.15) is 0 Å². The summed E-state index contributed by atoms with van der Waals surface area (Å²) >= 11 is 0. The van der Waals surface area contributed by atoms with Crippen molar-refractivity contribution in [3.05, 3.63) is 60.2 Å². The quantitative estimate of drug-likeness (QED) is 0.782. The molecule has 1 aliphatic heterocycles. The summed E-state index contributed by atoms with van der Waals surface area (Å²) in [6, 6.07) is 8.17. The zero-order chi connectivity index (χ0) is 18.5. The van der Waals surface area contributed by atoms with Gasteiger partial charge < -0.3 is 4.90 Å². The molecular weight excluding hydrogens is 352 g/mol. The monoisotopic (exact) mass is 366 g/mol. The van der Waals surface area contributed by atoms with Crippen molar-refractivity contribution < 1.29 is 18.0 Å². The molecule has 0 bridgehead atoms. The minimum Gasteiger partial charge on any atom is -0.308 e. The molecule has 0 aromatic heterocycles. The van der Waals surface area contributed by atoms with E-state index in [2.05, 4.69) is 4.40 Å². The van der Waals surface area contributed by atoms with Crippen molar-refractivity contribution in [3.63, 3.8) is 0 Å². The topological polar surface area (TPSA) is 83.9 Å². The van der Waals surface area contributed by atoms with Gasteiger partial charge in [0.05, 0.1) is 16.3 Å². The fourth-order valence-corrected chi connectivity index (χ4v) is 4.44. The first-order valence-electron chi connectivity index (χ1n) is 8.05. The Morgan fingerprint density at radius 2 is 1.73 bits per heavy atom. The van der Waals surface area contributed by atoms with Crippen molar-refractivity contribution in [1.29, 1.82) is 0 Å². The highest BCUT2D eigenvalue weighted by Crippen LogP contribution is 2.40. The number of sulfonamides is 1. The second-order valence-corrected chi connectivity index (χ2v) is 7.49. The summed E-state index contributed by atoms with van der Waals surface area (Å²) < 4.78 is 29.5. The molecule has 0 fully saturated rings. The normalized spacial score (nSPS) is 16.0. The molecule has 26 heavy (non-hydrogen) atoms. The lowest BCUT2D eigenvalue weighted by molar-refractivity contribution is -0.110. The molecule has 1 aliphatic carbocycles. The molecule has 4 rings (SSSR count). The first-order chi connectivity index (χ1) is 12.4. The maximum absolute atomic E-state index is 12.8. The Kier molecular flexibility index (Phi) is 3.62. The Hall–Kier alpha value is -3.06. The standard InChI is InChI=1S/C19H14N2O4S/c1-2-21-16-10-11-17(14-4-3-5-15(18(14)16)19(21)23)26(24,25)20-12-6-8-13(22)9-7-12/h3-11H,2H2,1H3. The first kappa shape index (κ1) is 16.4. The number of allylic oxidation sites excluding steroid dienone is 4. The van der Waals surface area contributed by atoms with Crippen LogP contribution in [-0.4, -0.2) is 32.4 Å². The molecule has 2 aromatic carbocycles. The minimum absolute atomic E-state index is 0.0371. The molecule has 1 heterocycles. The largest absolute Gasteiger partial charge is 0.308 e. The van der Waals surface area contributed by atoms with Gasteiger partial charge in [0.15, 0.2) is 5.78 Å². The van der Waals surface area contributed by atoms with E-state index in [1.54, 1.807) is 29.2 Å². The van der Waals surface area contributed by atoms with Crippen molar-refractivity contribution in [3.8, 4) is 0 Å². The van der Waals surface area contributed by atoms with E-state index in [0.29, 0.717) is 28.6 Å². The third kappa shape index (κ3) is 2.40. The zero-order valence-electron chi connectivity index (χ0n) is 13.8. The van der Waals surface area contributed by atoms with E-state index in [1.165, 1.54) is 30.4 Å². The van der Waals surface area contributed by atoms with Crippen molar-refractivity contribution in [2.45, 2.75) is 11.8 Å². The molecule has 1 amide bonds. The molecule has 0 unspecified atom stereocenters. The molecule has 130 valence electrons. The van der Waals surface area contributed by atoms with Crippen LogP contribution in [-0.2, 0) is 14.8 Å². The molecule has 2 aromatic rings. The van der Waals surface area contributed by atoms with Gasteiger partial charge in [0.25, 0.3) is 15.9 Å². The molecule has 6 nitrogen and oxygen atoms in total. The van der Waals surface area contributed by atoms with Crippen LogP contribution in [0, 0.1) is 0 Å². The van der Waals surface area contributed by atoms with Crippen LogP contribution in [0.5, 0.6) is 0 Å². The number of carbonyl (C=O) groups is 2. The van der Waals surface area contributed by atoms with Crippen molar-refractivity contribution in [2.24, 2.45) is 4.40 Å². The predicted molar refractivity (Wildman–Crippen MR) is 99.2 cm³/mol. The third-order valence-electron chi connectivity index (χ3n) is 4.40. The maximum atomic E-state index is 12.8. The number of ketones is 1. The Labute approximate surface area is 150 Å². The smallest absolute Gasteiger partial charge is 0.283 e. The Morgan fingerprint density at radius 1 is 1.00 bits per heavy atom. The lowest BCUT2D eigenvalue weighted by Gasteiger charge is -2.15. The minimum atomic E-state index is -4.01. The van der Waals surface area contributed by atoms with Crippen LogP contribution >= 0.6 is 0 Å². The lowest BCUT2D eigenvalue weighted by Crippen LogP contribution is -2.25. The highest BCUT2D eigenvalue weighted by atomic mass is 32.2. The van der Waals surface area contributed by atoms with Gasteiger partial charge in [-0.15, -0.1) is 0 Å². The summed E-state index contributed by atoms with van der Waals surface area (Å²) in [5, 5.41) is 1.10. The average Bonchev–Trinajstić information content (AvgIpc) is 2.90.